The van der Waals surface area contributed by atoms with E-state index in [1.54, 1.807) is 18.5 Å². The molecular formula is C16H22F3N3OSi. The number of pyridine rings is 1. The van der Waals surface area contributed by atoms with Crippen LogP contribution in [0.4, 0.5) is 13.2 Å². The van der Waals surface area contributed by atoms with E-state index >= 15 is 0 Å². The number of rotatable bonds is 6. The van der Waals surface area contributed by atoms with Crippen LogP contribution in [0.15, 0.2) is 6.07 Å². The molecule has 2 aromatic heterocycles. The fraction of sp³-hybridized carbons (Fsp3) is 0.500. The van der Waals surface area contributed by atoms with Crippen LogP contribution in [-0.2, 0) is 11.5 Å². The number of aromatic nitrogens is 3. The van der Waals surface area contributed by atoms with E-state index in [0.29, 0.717) is 24.1 Å². The first-order chi connectivity index (χ1) is 11.1. The monoisotopic (exact) mass is 357 g/mol. The quantitative estimate of drug-likeness (QED) is 0.440. The van der Waals surface area contributed by atoms with Crippen LogP contribution >= 0.6 is 0 Å². The number of hydrogen-bond donors (Lipinski definition) is 0. The summed E-state index contributed by atoms with van der Waals surface area (Å²) >= 11 is 0. The molecule has 2 rings (SSSR count). The highest BCUT2D eigenvalue weighted by molar-refractivity contribution is 6.76. The summed E-state index contributed by atoms with van der Waals surface area (Å²) in [4.78, 5) is 3.07. The largest absolute Gasteiger partial charge is 0.360 e. The van der Waals surface area contributed by atoms with Gasteiger partial charge in [0.15, 0.2) is 0 Å². The van der Waals surface area contributed by atoms with Crippen LogP contribution in [0.25, 0.3) is 11.1 Å². The molecule has 0 aliphatic heterocycles. The first-order valence-electron chi connectivity index (χ1n) is 7.74. The second-order valence-corrected chi connectivity index (χ2v) is 12.6. The zero-order chi connectivity index (χ0) is 18.1. The molecule has 2 heterocycles. The van der Waals surface area contributed by atoms with Gasteiger partial charge >= 0.3 is 0 Å². The number of halogens is 3. The fourth-order valence-corrected chi connectivity index (χ4v) is 3.15. The fourth-order valence-electron chi connectivity index (χ4n) is 2.39. The Morgan fingerprint density at radius 1 is 1.12 bits per heavy atom. The highest BCUT2D eigenvalue weighted by Gasteiger charge is 2.22. The third kappa shape index (κ3) is 4.24. The molecule has 0 aliphatic rings. The summed E-state index contributed by atoms with van der Waals surface area (Å²) in [7, 11) is -1.19. The highest BCUT2D eigenvalue weighted by Crippen LogP contribution is 2.31. The minimum atomic E-state index is -1.19. The SMILES string of the molecule is Cc1nn(COCC[Si](C)(C)C)c(C)c1-c1c(F)cc(F)nc1F. The van der Waals surface area contributed by atoms with Gasteiger partial charge in [-0.3, -0.25) is 0 Å². The Labute approximate surface area is 140 Å². The lowest BCUT2D eigenvalue weighted by Crippen LogP contribution is -2.22. The predicted molar refractivity (Wildman–Crippen MR) is 88.9 cm³/mol. The van der Waals surface area contributed by atoms with Crippen LogP contribution in [0.2, 0.25) is 25.7 Å². The van der Waals surface area contributed by atoms with Gasteiger partial charge in [0.1, 0.15) is 12.5 Å². The van der Waals surface area contributed by atoms with Crippen molar-refractivity contribution in [3.05, 3.63) is 35.2 Å². The van der Waals surface area contributed by atoms with Crippen LogP contribution in [-0.4, -0.2) is 29.4 Å². The zero-order valence-electron chi connectivity index (χ0n) is 14.6. The van der Waals surface area contributed by atoms with Crippen molar-refractivity contribution in [1.29, 1.82) is 0 Å². The molecular weight excluding hydrogens is 335 g/mol. The molecule has 2 aromatic rings. The van der Waals surface area contributed by atoms with Crippen LogP contribution in [0.5, 0.6) is 0 Å². The second-order valence-electron chi connectivity index (χ2n) is 6.99. The molecule has 0 atom stereocenters. The molecule has 132 valence electrons. The molecule has 8 heteroatoms. The second kappa shape index (κ2) is 7.06. The molecule has 0 bridgehead atoms. The highest BCUT2D eigenvalue weighted by atomic mass is 28.3. The molecule has 0 saturated heterocycles. The molecule has 0 aromatic carbocycles. The number of hydrogen-bond acceptors (Lipinski definition) is 3. The Bertz CT molecular complexity index is 718. The van der Waals surface area contributed by atoms with Gasteiger partial charge < -0.3 is 4.74 Å². The first-order valence-corrected chi connectivity index (χ1v) is 11.4. The summed E-state index contributed by atoms with van der Waals surface area (Å²) in [5.74, 6) is -3.37. The maximum Gasteiger partial charge on any atom is 0.226 e. The lowest BCUT2D eigenvalue weighted by atomic mass is 10.1. The molecule has 0 fully saturated rings. The first kappa shape index (κ1) is 18.7. The molecule has 0 saturated carbocycles. The van der Waals surface area contributed by atoms with Crippen molar-refractivity contribution < 1.29 is 17.9 Å². The van der Waals surface area contributed by atoms with Gasteiger partial charge in [-0.15, -0.1) is 0 Å². The summed E-state index contributed by atoms with van der Waals surface area (Å²) in [6.45, 7) is 10.9. The molecule has 24 heavy (non-hydrogen) atoms. The summed E-state index contributed by atoms with van der Waals surface area (Å²) < 4.78 is 48.2. The van der Waals surface area contributed by atoms with E-state index in [1.807, 2.05) is 0 Å². The smallest absolute Gasteiger partial charge is 0.226 e. The van der Waals surface area contributed by atoms with Gasteiger partial charge in [-0.05, 0) is 19.9 Å². The maximum absolute atomic E-state index is 14.0. The van der Waals surface area contributed by atoms with E-state index in [1.165, 1.54) is 0 Å². The lowest BCUT2D eigenvalue weighted by molar-refractivity contribution is 0.0770. The van der Waals surface area contributed by atoms with E-state index in [0.717, 1.165) is 6.04 Å². The van der Waals surface area contributed by atoms with Gasteiger partial charge in [-0.25, -0.2) is 9.07 Å². The minimum absolute atomic E-state index is 0.203. The molecule has 0 spiro atoms. The van der Waals surface area contributed by atoms with Gasteiger partial charge in [0.05, 0.1) is 11.3 Å². The third-order valence-electron chi connectivity index (χ3n) is 3.74. The Morgan fingerprint density at radius 3 is 2.38 bits per heavy atom. The van der Waals surface area contributed by atoms with Crippen molar-refractivity contribution in [2.24, 2.45) is 0 Å². The van der Waals surface area contributed by atoms with Crippen molar-refractivity contribution >= 4 is 8.07 Å². The average molecular weight is 357 g/mol. The standard InChI is InChI=1S/C16H22F3N3OSi/c1-10-14(15-12(17)8-13(18)20-16(15)19)11(2)22(21-10)9-23-6-7-24(3,4)5/h8H,6-7,9H2,1-5H3. The average Bonchev–Trinajstić information content (AvgIpc) is 2.69. The molecule has 0 radical (unpaired) electrons. The molecule has 0 N–H and O–H groups in total. The van der Waals surface area contributed by atoms with Gasteiger partial charge in [-0.1, -0.05) is 19.6 Å². The summed E-state index contributed by atoms with van der Waals surface area (Å²) in [6, 6.07) is 1.59. The predicted octanol–water partition coefficient (Wildman–Crippen LogP) is 4.29. The van der Waals surface area contributed by atoms with E-state index < -0.39 is 25.8 Å². The molecule has 0 unspecified atom stereocenters. The van der Waals surface area contributed by atoms with Gasteiger partial charge in [0.2, 0.25) is 11.9 Å². The maximum atomic E-state index is 14.0. The topological polar surface area (TPSA) is 39.9 Å². The normalized spacial score (nSPS) is 12.0. The third-order valence-corrected chi connectivity index (χ3v) is 5.44. The van der Waals surface area contributed by atoms with Crippen molar-refractivity contribution in [2.75, 3.05) is 6.61 Å². The van der Waals surface area contributed by atoms with E-state index in [4.69, 9.17) is 4.74 Å². The summed E-state index contributed by atoms with van der Waals surface area (Å²) in [5, 5.41) is 4.27. The van der Waals surface area contributed by atoms with Crippen molar-refractivity contribution in [3.63, 3.8) is 0 Å². The molecule has 0 amide bonds. The van der Waals surface area contributed by atoms with E-state index in [9.17, 15) is 13.2 Å². The van der Waals surface area contributed by atoms with Gasteiger partial charge in [-0.2, -0.15) is 18.9 Å². The Balaban J connectivity index is 2.24. The summed E-state index contributed by atoms with van der Waals surface area (Å²) in [6.07, 6.45) is 0. The van der Waals surface area contributed by atoms with Crippen LogP contribution < -0.4 is 0 Å². The summed E-state index contributed by atoms with van der Waals surface area (Å²) in [5.41, 5.74) is 0.908. The van der Waals surface area contributed by atoms with Crippen LogP contribution in [0.3, 0.4) is 0 Å². The van der Waals surface area contributed by atoms with Crippen LogP contribution in [0, 0.1) is 31.6 Å². The van der Waals surface area contributed by atoms with Crippen LogP contribution in [0.1, 0.15) is 11.4 Å². The van der Waals surface area contributed by atoms with Gasteiger partial charge in [0.25, 0.3) is 0 Å². The molecule has 0 aliphatic carbocycles. The molecule has 4 nitrogen and oxygen atoms in total. The number of aryl methyl sites for hydroxylation is 1. The Morgan fingerprint density at radius 2 is 1.79 bits per heavy atom. The van der Waals surface area contributed by atoms with Gasteiger partial charge in [0, 0.05) is 32.0 Å². The van der Waals surface area contributed by atoms with E-state index in [2.05, 4.69) is 29.7 Å². The van der Waals surface area contributed by atoms with Crippen molar-refractivity contribution in [1.82, 2.24) is 14.8 Å². The Hall–Kier alpha value is -1.67. The lowest BCUT2D eigenvalue weighted by Gasteiger charge is -2.15. The zero-order valence-corrected chi connectivity index (χ0v) is 15.6. The minimum Gasteiger partial charge on any atom is -0.360 e. The Kier molecular flexibility index (Phi) is 5.49. The van der Waals surface area contributed by atoms with Crippen molar-refractivity contribution in [3.8, 4) is 11.1 Å². The number of ether oxygens (including phenoxy) is 1. The number of nitrogens with zero attached hydrogens (tertiary/aromatic N) is 3. The van der Waals surface area contributed by atoms with Crippen molar-refractivity contribution in [2.45, 2.75) is 46.3 Å². The van der Waals surface area contributed by atoms with E-state index in [-0.39, 0.29) is 17.9 Å².